The van der Waals surface area contributed by atoms with Crippen LogP contribution in [0.2, 0.25) is 0 Å². The Bertz CT molecular complexity index is 616. The van der Waals surface area contributed by atoms with Gasteiger partial charge in [0.15, 0.2) is 17.3 Å². The lowest BCUT2D eigenvalue weighted by molar-refractivity contribution is 0.174. The van der Waals surface area contributed by atoms with Gasteiger partial charge >= 0.3 is 0 Å². The molecule has 6 heteroatoms. The third kappa shape index (κ3) is 2.30. The number of aromatic nitrogens is 2. The molecule has 0 atom stereocenters. The van der Waals surface area contributed by atoms with Crippen LogP contribution in [-0.2, 0) is 11.3 Å². The molecule has 0 unspecified atom stereocenters. The van der Waals surface area contributed by atoms with Crippen molar-refractivity contribution in [3.8, 4) is 22.9 Å². The molecule has 0 spiro atoms. The van der Waals surface area contributed by atoms with Crippen molar-refractivity contribution in [2.75, 3.05) is 19.6 Å². The monoisotopic (exact) mass is 259 g/mol. The van der Waals surface area contributed by atoms with Crippen LogP contribution in [-0.4, -0.2) is 23.9 Å². The maximum atomic E-state index is 5.78. The molecule has 1 aromatic carbocycles. The molecule has 2 heterocycles. The molecule has 0 saturated carbocycles. The lowest BCUT2D eigenvalue weighted by Crippen LogP contribution is -2.01. The lowest BCUT2D eigenvalue weighted by Gasteiger charge is -2.06. The Morgan fingerprint density at radius 1 is 1.21 bits per heavy atom. The van der Waals surface area contributed by atoms with E-state index in [4.69, 9.17) is 19.9 Å². The minimum Gasteiger partial charge on any atom is -0.454 e. The first-order valence-electron chi connectivity index (χ1n) is 5.78. The molecule has 0 fully saturated rings. The summed E-state index contributed by atoms with van der Waals surface area (Å²) in [5, 5.41) is 0. The number of hydrogen-bond acceptors (Lipinski definition) is 6. The number of hydrogen-bond donors (Lipinski definition) is 1. The number of fused-ring (bicyclic) bond motifs is 1. The zero-order valence-electron chi connectivity index (χ0n) is 10.4. The minimum atomic E-state index is 0.242. The van der Waals surface area contributed by atoms with Crippen LogP contribution in [0, 0.1) is 0 Å². The molecule has 1 aliphatic heterocycles. The summed E-state index contributed by atoms with van der Waals surface area (Å²) in [5.41, 5.74) is 7.34. The molecule has 1 aliphatic rings. The number of nitrogen functional groups attached to an aromatic ring is 1. The molecule has 0 bridgehead atoms. The summed E-state index contributed by atoms with van der Waals surface area (Å²) in [5.74, 6) is 2.38. The highest BCUT2D eigenvalue weighted by atomic mass is 16.7. The van der Waals surface area contributed by atoms with Crippen molar-refractivity contribution in [2.45, 2.75) is 6.61 Å². The third-order valence-electron chi connectivity index (χ3n) is 2.72. The summed E-state index contributed by atoms with van der Waals surface area (Å²) in [6, 6.07) is 7.24. The van der Waals surface area contributed by atoms with Gasteiger partial charge in [-0.05, 0) is 18.2 Å². The van der Waals surface area contributed by atoms with E-state index in [0.717, 1.165) is 17.0 Å². The van der Waals surface area contributed by atoms with E-state index in [1.54, 1.807) is 13.2 Å². The zero-order chi connectivity index (χ0) is 13.2. The number of nitrogens with two attached hydrogens (primary N) is 1. The second-order valence-electron chi connectivity index (χ2n) is 4.11. The van der Waals surface area contributed by atoms with Gasteiger partial charge in [0.1, 0.15) is 5.82 Å². The average Bonchev–Trinajstić information content (AvgIpc) is 2.85. The first-order chi connectivity index (χ1) is 9.26. The first-order valence-corrected chi connectivity index (χ1v) is 5.78. The fourth-order valence-corrected chi connectivity index (χ4v) is 1.91. The number of rotatable bonds is 3. The van der Waals surface area contributed by atoms with Gasteiger partial charge in [0.2, 0.25) is 6.79 Å². The van der Waals surface area contributed by atoms with Crippen molar-refractivity contribution >= 4 is 5.82 Å². The highest BCUT2D eigenvalue weighted by Crippen LogP contribution is 2.35. The quantitative estimate of drug-likeness (QED) is 0.901. The van der Waals surface area contributed by atoms with Crippen LogP contribution in [0.4, 0.5) is 5.82 Å². The highest BCUT2D eigenvalue weighted by molar-refractivity contribution is 5.62. The normalized spacial score (nSPS) is 12.7. The van der Waals surface area contributed by atoms with E-state index < -0.39 is 0 Å². The third-order valence-corrected chi connectivity index (χ3v) is 2.72. The SMILES string of the molecule is COCc1cc(N)nc(-c2ccc3c(c2)OCO3)n1. The van der Waals surface area contributed by atoms with Gasteiger partial charge in [0.25, 0.3) is 0 Å². The van der Waals surface area contributed by atoms with E-state index in [0.29, 0.717) is 24.0 Å². The molecule has 2 aromatic rings. The van der Waals surface area contributed by atoms with E-state index in [2.05, 4.69) is 9.97 Å². The van der Waals surface area contributed by atoms with Crippen molar-refractivity contribution < 1.29 is 14.2 Å². The van der Waals surface area contributed by atoms with Gasteiger partial charge in [-0.1, -0.05) is 0 Å². The van der Waals surface area contributed by atoms with Crippen molar-refractivity contribution in [1.29, 1.82) is 0 Å². The van der Waals surface area contributed by atoms with Crippen molar-refractivity contribution in [1.82, 2.24) is 9.97 Å². The van der Waals surface area contributed by atoms with Crippen LogP contribution in [0.15, 0.2) is 24.3 Å². The fraction of sp³-hybridized carbons (Fsp3) is 0.231. The number of benzene rings is 1. The van der Waals surface area contributed by atoms with E-state index >= 15 is 0 Å². The topological polar surface area (TPSA) is 79.5 Å². The Morgan fingerprint density at radius 3 is 2.89 bits per heavy atom. The van der Waals surface area contributed by atoms with Crippen molar-refractivity contribution in [3.05, 3.63) is 30.0 Å². The van der Waals surface area contributed by atoms with Gasteiger partial charge in [-0.3, -0.25) is 0 Å². The van der Waals surface area contributed by atoms with E-state index in [-0.39, 0.29) is 6.79 Å². The molecule has 98 valence electrons. The van der Waals surface area contributed by atoms with E-state index in [1.807, 2.05) is 18.2 Å². The molecule has 0 radical (unpaired) electrons. The molecular weight excluding hydrogens is 246 g/mol. The standard InChI is InChI=1S/C13H13N3O3/c1-17-6-9-5-12(14)16-13(15-9)8-2-3-10-11(4-8)19-7-18-10/h2-5H,6-7H2,1H3,(H2,14,15,16). The molecular formula is C13H13N3O3. The Morgan fingerprint density at radius 2 is 2.05 bits per heavy atom. The van der Waals surface area contributed by atoms with Crippen LogP contribution in [0.25, 0.3) is 11.4 Å². The number of anilines is 1. The predicted octanol–water partition coefficient (Wildman–Crippen LogP) is 1.60. The van der Waals surface area contributed by atoms with Crippen molar-refractivity contribution in [3.63, 3.8) is 0 Å². The van der Waals surface area contributed by atoms with Gasteiger partial charge < -0.3 is 19.9 Å². The molecule has 0 aliphatic carbocycles. The molecule has 19 heavy (non-hydrogen) atoms. The molecule has 1 aromatic heterocycles. The number of nitrogens with zero attached hydrogens (tertiary/aromatic N) is 2. The zero-order valence-corrected chi connectivity index (χ0v) is 10.4. The lowest BCUT2D eigenvalue weighted by atomic mass is 10.2. The van der Waals surface area contributed by atoms with Gasteiger partial charge in [-0.2, -0.15) is 0 Å². The summed E-state index contributed by atoms with van der Waals surface area (Å²) in [7, 11) is 1.61. The van der Waals surface area contributed by atoms with E-state index in [1.165, 1.54) is 0 Å². The van der Waals surface area contributed by atoms with Crippen LogP contribution >= 0.6 is 0 Å². The molecule has 2 N–H and O–H groups in total. The van der Waals surface area contributed by atoms with Gasteiger partial charge in [-0.15, -0.1) is 0 Å². The van der Waals surface area contributed by atoms with Crippen LogP contribution in [0.1, 0.15) is 5.69 Å². The van der Waals surface area contributed by atoms with E-state index in [9.17, 15) is 0 Å². The number of ether oxygens (including phenoxy) is 3. The molecule has 3 rings (SSSR count). The largest absolute Gasteiger partial charge is 0.454 e. The second-order valence-corrected chi connectivity index (χ2v) is 4.11. The fourth-order valence-electron chi connectivity index (χ4n) is 1.91. The van der Waals surface area contributed by atoms with Gasteiger partial charge in [-0.25, -0.2) is 9.97 Å². The maximum Gasteiger partial charge on any atom is 0.231 e. The summed E-state index contributed by atoms with van der Waals surface area (Å²) in [6.45, 7) is 0.635. The average molecular weight is 259 g/mol. The van der Waals surface area contributed by atoms with Gasteiger partial charge in [0.05, 0.1) is 12.3 Å². The Kier molecular flexibility index (Phi) is 2.92. The maximum absolute atomic E-state index is 5.78. The van der Waals surface area contributed by atoms with Crippen molar-refractivity contribution in [2.24, 2.45) is 0 Å². The predicted molar refractivity (Wildman–Crippen MR) is 68.7 cm³/mol. The van der Waals surface area contributed by atoms with Gasteiger partial charge in [0, 0.05) is 18.7 Å². The Labute approximate surface area is 110 Å². The first kappa shape index (κ1) is 11.7. The van der Waals surface area contributed by atoms with Crippen LogP contribution < -0.4 is 15.2 Å². The molecule has 6 nitrogen and oxygen atoms in total. The number of methoxy groups -OCH3 is 1. The highest BCUT2D eigenvalue weighted by Gasteiger charge is 2.15. The minimum absolute atomic E-state index is 0.242. The smallest absolute Gasteiger partial charge is 0.231 e. The molecule has 0 saturated heterocycles. The summed E-state index contributed by atoms with van der Waals surface area (Å²) in [4.78, 5) is 8.63. The van der Waals surface area contributed by atoms with Crippen LogP contribution in [0.3, 0.4) is 0 Å². The summed E-state index contributed by atoms with van der Waals surface area (Å²) < 4.78 is 15.7. The summed E-state index contributed by atoms with van der Waals surface area (Å²) >= 11 is 0. The van der Waals surface area contributed by atoms with Crippen LogP contribution in [0.5, 0.6) is 11.5 Å². The second kappa shape index (κ2) is 4.74. The molecule has 0 amide bonds. The summed E-state index contributed by atoms with van der Waals surface area (Å²) in [6.07, 6.45) is 0. The Hall–Kier alpha value is -2.34. The Balaban J connectivity index is 2.01.